The van der Waals surface area contributed by atoms with Crippen LogP contribution in [0.4, 0.5) is 0 Å². The van der Waals surface area contributed by atoms with E-state index in [4.69, 9.17) is 0 Å². The number of amides is 1. The van der Waals surface area contributed by atoms with Crippen molar-refractivity contribution in [3.8, 4) is 22.3 Å². The number of hydrogen-bond acceptors (Lipinski definition) is 4. The summed E-state index contributed by atoms with van der Waals surface area (Å²) in [6.45, 7) is 10.4. The monoisotopic (exact) mass is 550 g/mol. The smallest absolute Gasteiger partial charge is 0.253 e. The fourth-order valence-corrected chi connectivity index (χ4v) is 6.47. The van der Waals surface area contributed by atoms with Gasteiger partial charge in [-0.3, -0.25) is 9.69 Å². The molecule has 1 fully saturated rings. The van der Waals surface area contributed by atoms with Crippen LogP contribution in [0.1, 0.15) is 46.8 Å². The second-order valence-electron chi connectivity index (χ2n) is 12.5. The van der Waals surface area contributed by atoms with E-state index in [0.717, 1.165) is 75.2 Å². The Bertz CT molecular complexity index is 1560. The first-order chi connectivity index (χ1) is 19.7. The van der Waals surface area contributed by atoms with Crippen molar-refractivity contribution in [1.29, 1.82) is 0 Å². The van der Waals surface area contributed by atoms with Gasteiger partial charge in [0.2, 0.25) is 0 Å². The summed E-state index contributed by atoms with van der Waals surface area (Å²) in [5.41, 5.74) is 10.4. The van der Waals surface area contributed by atoms with Crippen LogP contribution in [-0.4, -0.2) is 83.1 Å². The fourth-order valence-electron chi connectivity index (χ4n) is 6.47. The molecule has 2 aliphatic rings. The highest BCUT2D eigenvalue weighted by Crippen LogP contribution is 2.35. The molecule has 0 spiro atoms. The van der Waals surface area contributed by atoms with E-state index in [2.05, 4.69) is 58.2 Å². The summed E-state index contributed by atoms with van der Waals surface area (Å²) in [5, 5.41) is 11.5. The number of aliphatic hydroxyl groups is 1. The van der Waals surface area contributed by atoms with E-state index in [1.54, 1.807) is 19.0 Å². The van der Waals surface area contributed by atoms with Gasteiger partial charge in [0.05, 0.1) is 5.60 Å². The van der Waals surface area contributed by atoms with E-state index in [1.165, 1.54) is 33.2 Å². The SMILES string of the molecule is Cc1cc(-c2ccc3[nH]cc(-c4ccc(C(=O)N(C)C)cc4)c3c2)cc2c1CCN(CCN1CCC(C)(O)CC1)C2. The maximum absolute atomic E-state index is 12.3. The average Bonchev–Trinajstić information content (AvgIpc) is 3.39. The lowest BCUT2D eigenvalue weighted by molar-refractivity contribution is -0.00730. The molecule has 2 N–H and O–H groups in total. The molecule has 1 amide bonds. The number of likely N-dealkylation sites (tertiary alicyclic amines) is 1. The maximum atomic E-state index is 12.3. The molecule has 0 aliphatic carbocycles. The van der Waals surface area contributed by atoms with Crippen LogP contribution in [0.5, 0.6) is 0 Å². The fraction of sp³-hybridized carbons (Fsp3) is 0.400. The van der Waals surface area contributed by atoms with Crippen molar-refractivity contribution in [3.63, 3.8) is 0 Å². The number of carbonyl (C=O) groups is 1. The van der Waals surface area contributed by atoms with E-state index < -0.39 is 5.60 Å². The summed E-state index contributed by atoms with van der Waals surface area (Å²) in [5.74, 6) is 0.0137. The van der Waals surface area contributed by atoms with Gasteiger partial charge in [-0.1, -0.05) is 24.3 Å². The van der Waals surface area contributed by atoms with Gasteiger partial charge < -0.3 is 19.9 Å². The molecular weight excluding hydrogens is 508 g/mol. The predicted octanol–water partition coefficient (Wildman–Crippen LogP) is 5.72. The first-order valence-corrected chi connectivity index (χ1v) is 14.9. The molecular formula is C35H42N4O2. The summed E-state index contributed by atoms with van der Waals surface area (Å²) in [6, 6.07) is 19.3. The van der Waals surface area contributed by atoms with Crippen molar-refractivity contribution in [2.24, 2.45) is 0 Å². The number of aromatic nitrogens is 1. The van der Waals surface area contributed by atoms with Crippen molar-refractivity contribution in [2.75, 3.05) is 46.8 Å². The quantitative estimate of drug-likeness (QED) is 0.323. The van der Waals surface area contributed by atoms with Gasteiger partial charge in [0.15, 0.2) is 0 Å². The molecule has 1 aromatic heterocycles. The normalized spacial score (nSPS) is 17.5. The third-order valence-electron chi connectivity index (χ3n) is 9.17. The second kappa shape index (κ2) is 11.1. The van der Waals surface area contributed by atoms with E-state index >= 15 is 0 Å². The van der Waals surface area contributed by atoms with Crippen molar-refractivity contribution in [3.05, 3.63) is 83.0 Å². The van der Waals surface area contributed by atoms with Gasteiger partial charge in [0.25, 0.3) is 5.91 Å². The third kappa shape index (κ3) is 5.82. The molecule has 1 saturated heterocycles. The summed E-state index contributed by atoms with van der Waals surface area (Å²) >= 11 is 0. The Kier molecular flexibility index (Phi) is 7.49. The van der Waals surface area contributed by atoms with E-state index in [1.807, 2.05) is 31.2 Å². The Hall–Kier alpha value is -3.45. The van der Waals surface area contributed by atoms with Crippen molar-refractivity contribution >= 4 is 16.8 Å². The number of nitrogens with one attached hydrogen (secondary N) is 1. The van der Waals surface area contributed by atoms with Gasteiger partial charge in [-0.05, 0) is 96.8 Å². The first-order valence-electron chi connectivity index (χ1n) is 14.9. The van der Waals surface area contributed by atoms with E-state index in [-0.39, 0.29) is 5.91 Å². The van der Waals surface area contributed by atoms with Gasteiger partial charge in [0, 0.05) is 81.6 Å². The van der Waals surface area contributed by atoms with Crippen LogP contribution in [0.3, 0.4) is 0 Å². The number of piperidine rings is 1. The average molecular weight is 551 g/mol. The number of H-pyrrole nitrogens is 1. The predicted molar refractivity (Wildman–Crippen MR) is 167 cm³/mol. The number of benzene rings is 3. The molecule has 0 radical (unpaired) electrons. The summed E-state index contributed by atoms with van der Waals surface area (Å²) in [7, 11) is 3.56. The van der Waals surface area contributed by atoms with Crippen LogP contribution < -0.4 is 0 Å². The maximum Gasteiger partial charge on any atom is 0.253 e. The van der Waals surface area contributed by atoms with Gasteiger partial charge in [-0.15, -0.1) is 0 Å². The Labute approximate surface area is 243 Å². The minimum Gasteiger partial charge on any atom is -0.390 e. The second-order valence-corrected chi connectivity index (χ2v) is 12.5. The Balaban J connectivity index is 1.21. The molecule has 0 unspecified atom stereocenters. The van der Waals surface area contributed by atoms with Crippen LogP contribution >= 0.6 is 0 Å². The zero-order chi connectivity index (χ0) is 28.7. The molecule has 41 heavy (non-hydrogen) atoms. The summed E-state index contributed by atoms with van der Waals surface area (Å²) < 4.78 is 0. The number of hydrogen-bond donors (Lipinski definition) is 2. The standard InChI is InChI=1S/C35H42N4O2/c1-24-19-28(20-29-23-39(14-11-30(24)29)18-17-38-15-12-35(2,41)13-16-38)27-9-10-33-31(21-27)32(22-36-33)25-5-7-26(8-6-25)34(40)37(3)4/h5-10,19-22,36,41H,11-18,23H2,1-4H3. The minimum atomic E-state index is -0.490. The highest BCUT2D eigenvalue weighted by molar-refractivity contribution is 5.99. The van der Waals surface area contributed by atoms with Crippen molar-refractivity contribution < 1.29 is 9.90 Å². The van der Waals surface area contributed by atoms with Gasteiger partial charge >= 0.3 is 0 Å². The Morgan fingerprint density at radius 1 is 0.927 bits per heavy atom. The summed E-state index contributed by atoms with van der Waals surface area (Å²) in [4.78, 5) is 22.5. The van der Waals surface area contributed by atoms with Gasteiger partial charge in [0.1, 0.15) is 0 Å². The highest BCUT2D eigenvalue weighted by Gasteiger charge is 2.27. The number of aryl methyl sites for hydroxylation is 1. The Morgan fingerprint density at radius 2 is 1.63 bits per heavy atom. The number of nitrogens with zero attached hydrogens (tertiary/aromatic N) is 3. The molecule has 0 atom stereocenters. The number of carbonyl (C=O) groups excluding carboxylic acids is 1. The van der Waals surface area contributed by atoms with E-state index in [0.29, 0.717) is 5.56 Å². The molecule has 6 heteroatoms. The van der Waals surface area contributed by atoms with Crippen LogP contribution in [0.25, 0.3) is 33.2 Å². The molecule has 6 nitrogen and oxygen atoms in total. The lowest BCUT2D eigenvalue weighted by Crippen LogP contribution is -2.45. The van der Waals surface area contributed by atoms with Gasteiger partial charge in [-0.2, -0.15) is 0 Å². The molecule has 0 saturated carbocycles. The van der Waals surface area contributed by atoms with E-state index in [9.17, 15) is 9.90 Å². The number of fused-ring (bicyclic) bond motifs is 2. The topological polar surface area (TPSA) is 62.8 Å². The lowest BCUT2D eigenvalue weighted by Gasteiger charge is -2.37. The molecule has 3 aromatic carbocycles. The van der Waals surface area contributed by atoms with Crippen LogP contribution in [0.15, 0.2) is 60.8 Å². The first kappa shape index (κ1) is 27.7. The molecule has 214 valence electrons. The Morgan fingerprint density at radius 3 is 2.37 bits per heavy atom. The van der Waals surface area contributed by atoms with Crippen LogP contribution in [0, 0.1) is 6.92 Å². The van der Waals surface area contributed by atoms with Gasteiger partial charge in [-0.25, -0.2) is 0 Å². The minimum absolute atomic E-state index is 0.0137. The molecule has 6 rings (SSSR count). The highest BCUT2D eigenvalue weighted by atomic mass is 16.3. The van der Waals surface area contributed by atoms with Crippen LogP contribution in [-0.2, 0) is 13.0 Å². The largest absolute Gasteiger partial charge is 0.390 e. The summed E-state index contributed by atoms with van der Waals surface area (Å²) in [6.07, 6.45) is 4.90. The van der Waals surface area contributed by atoms with Crippen molar-refractivity contribution in [2.45, 2.75) is 45.3 Å². The molecule has 4 aromatic rings. The molecule has 2 aliphatic heterocycles. The number of rotatable bonds is 6. The zero-order valence-corrected chi connectivity index (χ0v) is 24.8. The third-order valence-corrected chi connectivity index (χ3v) is 9.17. The lowest BCUT2D eigenvalue weighted by atomic mass is 9.90. The van der Waals surface area contributed by atoms with Crippen molar-refractivity contribution in [1.82, 2.24) is 19.7 Å². The van der Waals surface area contributed by atoms with Crippen LogP contribution in [0.2, 0.25) is 0 Å². The number of aromatic amines is 1. The molecule has 0 bridgehead atoms. The molecule has 3 heterocycles. The zero-order valence-electron chi connectivity index (χ0n) is 24.8.